The first-order chi connectivity index (χ1) is 9.04. The lowest BCUT2D eigenvalue weighted by Gasteiger charge is -2.07. The first kappa shape index (κ1) is 16.0. The van der Waals surface area contributed by atoms with E-state index in [4.69, 9.17) is 9.84 Å². The van der Waals surface area contributed by atoms with E-state index in [1.54, 1.807) is 19.2 Å². The lowest BCUT2D eigenvalue weighted by molar-refractivity contribution is -0.113. The van der Waals surface area contributed by atoms with Gasteiger partial charge in [-0.3, -0.25) is 4.79 Å². The average molecular weight is 348 g/mol. The molecule has 1 rings (SSSR count). The number of amides is 1. The van der Waals surface area contributed by atoms with E-state index in [1.807, 2.05) is 0 Å². The van der Waals surface area contributed by atoms with E-state index in [-0.39, 0.29) is 11.5 Å². The third-order valence-electron chi connectivity index (χ3n) is 2.15. The van der Waals surface area contributed by atoms with Crippen molar-refractivity contribution in [2.24, 2.45) is 0 Å². The predicted octanol–water partition coefficient (Wildman–Crippen LogP) is 2.47. The molecule has 7 heteroatoms. The monoisotopic (exact) mass is 347 g/mol. The highest BCUT2D eigenvalue weighted by Gasteiger charge is 2.10. The predicted molar refractivity (Wildman–Crippen MR) is 78.9 cm³/mol. The lowest BCUT2D eigenvalue weighted by atomic mass is 10.2. The van der Waals surface area contributed by atoms with Crippen molar-refractivity contribution in [1.29, 1.82) is 0 Å². The Labute approximate surface area is 123 Å². The summed E-state index contributed by atoms with van der Waals surface area (Å²) in [5, 5.41) is 11.6. The van der Waals surface area contributed by atoms with Crippen molar-refractivity contribution in [1.82, 2.24) is 0 Å². The first-order valence-corrected chi connectivity index (χ1v) is 7.38. The molecular formula is C12H14BrNO4S. The SMILES string of the molecule is COCCSCC(=O)Nc1ccc(Br)c(C(=O)O)c1. The van der Waals surface area contributed by atoms with Crippen LogP contribution in [0.15, 0.2) is 22.7 Å². The Kier molecular flexibility index (Phi) is 6.90. The number of carbonyl (C=O) groups excluding carboxylic acids is 1. The van der Waals surface area contributed by atoms with Gasteiger partial charge in [-0.25, -0.2) is 4.79 Å². The summed E-state index contributed by atoms with van der Waals surface area (Å²) in [6, 6.07) is 4.66. The molecule has 0 fully saturated rings. The first-order valence-electron chi connectivity index (χ1n) is 5.44. The molecule has 0 heterocycles. The lowest BCUT2D eigenvalue weighted by Crippen LogP contribution is -2.15. The van der Waals surface area contributed by atoms with Crippen molar-refractivity contribution in [2.75, 3.05) is 30.5 Å². The summed E-state index contributed by atoms with van der Waals surface area (Å²) in [6.07, 6.45) is 0. The Bertz CT molecular complexity index is 467. The molecule has 0 spiro atoms. The zero-order chi connectivity index (χ0) is 14.3. The number of halogens is 1. The molecule has 1 amide bonds. The highest BCUT2D eigenvalue weighted by Crippen LogP contribution is 2.21. The normalized spacial score (nSPS) is 10.2. The third kappa shape index (κ3) is 5.63. The smallest absolute Gasteiger partial charge is 0.336 e. The summed E-state index contributed by atoms with van der Waals surface area (Å²) < 4.78 is 5.35. The van der Waals surface area contributed by atoms with Crippen LogP contribution in [0.3, 0.4) is 0 Å². The number of hydrogen-bond donors (Lipinski definition) is 2. The van der Waals surface area contributed by atoms with Gasteiger partial charge in [-0.05, 0) is 34.1 Å². The molecule has 0 saturated carbocycles. The quantitative estimate of drug-likeness (QED) is 0.741. The van der Waals surface area contributed by atoms with Crippen LogP contribution in [0.5, 0.6) is 0 Å². The Hall–Kier alpha value is -1.05. The molecule has 0 radical (unpaired) electrons. The molecule has 0 aliphatic carbocycles. The topological polar surface area (TPSA) is 75.6 Å². The number of carboxylic acids is 1. The molecule has 19 heavy (non-hydrogen) atoms. The largest absolute Gasteiger partial charge is 0.478 e. The van der Waals surface area contributed by atoms with Crippen LogP contribution in [-0.2, 0) is 9.53 Å². The van der Waals surface area contributed by atoms with Crippen molar-refractivity contribution < 1.29 is 19.4 Å². The Balaban J connectivity index is 2.55. The molecule has 0 saturated heterocycles. The molecule has 2 N–H and O–H groups in total. The van der Waals surface area contributed by atoms with E-state index in [0.29, 0.717) is 22.5 Å². The minimum atomic E-state index is -1.04. The zero-order valence-corrected chi connectivity index (χ0v) is 12.7. The van der Waals surface area contributed by atoms with Crippen LogP contribution >= 0.6 is 27.7 Å². The number of nitrogens with one attached hydrogen (secondary N) is 1. The number of aromatic carboxylic acids is 1. The van der Waals surface area contributed by atoms with E-state index in [0.717, 1.165) is 5.75 Å². The second-order valence-corrected chi connectivity index (χ2v) is 5.55. The van der Waals surface area contributed by atoms with E-state index < -0.39 is 5.97 Å². The molecule has 0 aliphatic heterocycles. The molecule has 1 aromatic carbocycles. The molecule has 0 bridgehead atoms. The number of methoxy groups -OCH3 is 1. The molecular weight excluding hydrogens is 334 g/mol. The van der Waals surface area contributed by atoms with Gasteiger partial charge in [0.2, 0.25) is 5.91 Å². The fraction of sp³-hybridized carbons (Fsp3) is 0.333. The molecule has 104 valence electrons. The van der Waals surface area contributed by atoms with Crippen molar-refractivity contribution in [3.8, 4) is 0 Å². The molecule has 5 nitrogen and oxygen atoms in total. The minimum absolute atomic E-state index is 0.116. The molecule has 1 aromatic rings. The van der Waals surface area contributed by atoms with Gasteiger partial charge >= 0.3 is 5.97 Å². The van der Waals surface area contributed by atoms with Crippen LogP contribution in [-0.4, -0.2) is 42.2 Å². The van der Waals surface area contributed by atoms with Gasteiger partial charge < -0.3 is 15.2 Å². The summed E-state index contributed by atoms with van der Waals surface area (Å²) in [4.78, 5) is 22.6. The van der Waals surface area contributed by atoms with E-state index in [1.165, 1.54) is 17.8 Å². The molecule has 0 unspecified atom stereocenters. The highest BCUT2D eigenvalue weighted by molar-refractivity contribution is 9.10. The number of thioether (sulfide) groups is 1. The summed E-state index contributed by atoms with van der Waals surface area (Å²) in [5.74, 6) is -0.163. The zero-order valence-electron chi connectivity index (χ0n) is 10.3. The Morgan fingerprint density at radius 3 is 2.84 bits per heavy atom. The second-order valence-electron chi connectivity index (χ2n) is 3.59. The van der Waals surface area contributed by atoms with Gasteiger partial charge in [0.25, 0.3) is 0 Å². The van der Waals surface area contributed by atoms with Crippen LogP contribution in [0.2, 0.25) is 0 Å². The van der Waals surface area contributed by atoms with Crippen LogP contribution in [0, 0.1) is 0 Å². The van der Waals surface area contributed by atoms with Crippen LogP contribution < -0.4 is 5.32 Å². The summed E-state index contributed by atoms with van der Waals surface area (Å²) in [5.41, 5.74) is 0.586. The minimum Gasteiger partial charge on any atom is -0.478 e. The van der Waals surface area contributed by atoms with Gasteiger partial charge in [0, 0.05) is 23.0 Å². The van der Waals surface area contributed by atoms with Crippen LogP contribution in [0.25, 0.3) is 0 Å². The number of ether oxygens (including phenoxy) is 1. The fourth-order valence-electron chi connectivity index (χ4n) is 1.27. The second kappa shape index (κ2) is 8.19. The van der Waals surface area contributed by atoms with E-state index in [2.05, 4.69) is 21.2 Å². The van der Waals surface area contributed by atoms with Gasteiger partial charge in [-0.15, -0.1) is 11.8 Å². The average Bonchev–Trinajstić information content (AvgIpc) is 2.36. The number of carbonyl (C=O) groups is 2. The Morgan fingerprint density at radius 1 is 1.47 bits per heavy atom. The van der Waals surface area contributed by atoms with E-state index in [9.17, 15) is 9.59 Å². The maximum atomic E-state index is 11.6. The highest BCUT2D eigenvalue weighted by atomic mass is 79.9. The number of hydrogen-bond acceptors (Lipinski definition) is 4. The fourth-order valence-corrected chi connectivity index (χ4v) is 2.37. The number of benzene rings is 1. The van der Waals surface area contributed by atoms with E-state index >= 15 is 0 Å². The van der Waals surface area contributed by atoms with Crippen molar-refractivity contribution in [3.63, 3.8) is 0 Å². The third-order valence-corrected chi connectivity index (χ3v) is 3.76. The van der Waals surface area contributed by atoms with Crippen LogP contribution in [0.1, 0.15) is 10.4 Å². The number of rotatable bonds is 7. The summed E-state index contributed by atoms with van der Waals surface area (Å²) >= 11 is 4.60. The molecule has 0 atom stereocenters. The number of carboxylic acid groups (broad SMARTS) is 1. The molecule has 0 aliphatic rings. The maximum absolute atomic E-state index is 11.6. The number of anilines is 1. The van der Waals surface area contributed by atoms with Gasteiger partial charge in [0.1, 0.15) is 0 Å². The van der Waals surface area contributed by atoms with Gasteiger partial charge in [0.15, 0.2) is 0 Å². The Morgan fingerprint density at radius 2 is 2.21 bits per heavy atom. The maximum Gasteiger partial charge on any atom is 0.336 e. The summed E-state index contributed by atoms with van der Waals surface area (Å²) in [6.45, 7) is 0.597. The van der Waals surface area contributed by atoms with Crippen LogP contribution in [0.4, 0.5) is 5.69 Å². The van der Waals surface area contributed by atoms with Gasteiger partial charge in [-0.1, -0.05) is 0 Å². The van der Waals surface area contributed by atoms with Crippen molar-refractivity contribution >= 4 is 45.3 Å². The summed E-state index contributed by atoms with van der Waals surface area (Å²) in [7, 11) is 1.61. The van der Waals surface area contributed by atoms with Crippen molar-refractivity contribution in [2.45, 2.75) is 0 Å². The van der Waals surface area contributed by atoms with Crippen molar-refractivity contribution in [3.05, 3.63) is 28.2 Å². The van der Waals surface area contributed by atoms with Gasteiger partial charge in [-0.2, -0.15) is 0 Å². The molecule has 0 aromatic heterocycles. The van der Waals surface area contributed by atoms with Gasteiger partial charge in [0.05, 0.1) is 17.9 Å². The standard InChI is InChI=1S/C12H14BrNO4S/c1-18-4-5-19-7-11(15)14-8-2-3-10(13)9(6-8)12(16)17/h2-3,6H,4-5,7H2,1H3,(H,14,15)(H,16,17).